The van der Waals surface area contributed by atoms with Gasteiger partial charge in [-0.1, -0.05) is 37.6 Å². The number of nitrogens with two attached hydrogens (primary N) is 2. The van der Waals surface area contributed by atoms with Crippen LogP contribution < -0.4 is 22.1 Å². The molecule has 2 rings (SSSR count). The summed E-state index contributed by atoms with van der Waals surface area (Å²) in [7, 11) is 0. The number of ketones is 1. The van der Waals surface area contributed by atoms with Gasteiger partial charge in [-0.05, 0) is 49.3 Å². The van der Waals surface area contributed by atoms with Gasteiger partial charge in [-0.2, -0.15) is 0 Å². The highest BCUT2D eigenvalue weighted by Gasteiger charge is 2.39. The molecule has 6 N–H and O–H groups in total. The molecule has 13 heteroatoms. The van der Waals surface area contributed by atoms with Crippen LogP contribution in [0.3, 0.4) is 0 Å². The number of aliphatic imine (C=N–C) groups is 1. The summed E-state index contributed by atoms with van der Waals surface area (Å²) in [6.07, 6.45) is 0.623. The SMILES string of the molecule is CC(C)C(NC(=O)OCc1cccc(Cl)c1)C(=O)N1CCC[C@H]1C(=O)NC(CCCN=C(N)N)C(=O)CF. The van der Waals surface area contributed by atoms with Gasteiger partial charge in [0.15, 0.2) is 11.7 Å². The van der Waals surface area contributed by atoms with Crippen molar-refractivity contribution in [2.75, 3.05) is 19.8 Å². The minimum Gasteiger partial charge on any atom is -0.445 e. The van der Waals surface area contributed by atoms with Crippen LogP contribution in [0.1, 0.15) is 45.1 Å². The Labute approximate surface area is 226 Å². The fourth-order valence-electron chi connectivity index (χ4n) is 4.12. The van der Waals surface area contributed by atoms with Gasteiger partial charge in [0.05, 0.1) is 6.04 Å². The van der Waals surface area contributed by atoms with Gasteiger partial charge in [0.2, 0.25) is 11.8 Å². The molecule has 3 atom stereocenters. The van der Waals surface area contributed by atoms with E-state index in [0.717, 1.165) is 0 Å². The molecule has 11 nitrogen and oxygen atoms in total. The molecule has 0 aromatic heterocycles. The van der Waals surface area contributed by atoms with E-state index in [1.54, 1.807) is 38.1 Å². The standard InChI is InChI=1S/C25H36ClFN6O5/c1-15(2)21(32-25(37)38-14-16-6-3-7-17(26)12-16)23(36)33-11-5-9-19(33)22(35)31-18(20(34)13-27)8-4-10-30-24(28)29/h3,6-7,12,15,18-19,21H,4-5,8-11,13-14H2,1-2H3,(H,31,35)(H,32,37)(H4,28,29,30)/t18?,19-,21?/m0/s1. The number of nitrogens with zero attached hydrogens (tertiary/aromatic N) is 2. The zero-order chi connectivity index (χ0) is 28.2. The first kappa shape index (κ1) is 30.8. The summed E-state index contributed by atoms with van der Waals surface area (Å²) in [6, 6.07) is 3.96. The molecule has 1 aliphatic heterocycles. The number of carbonyl (C=O) groups excluding carboxylic acids is 4. The lowest BCUT2D eigenvalue weighted by atomic mass is 10.0. The average Bonchev–Trinajstić information content (AvgIpc) is 3.37. The molecule has 3 amide bonds. The zero-order valence-electron chi connectivity index (χ0n) is 21.6. The topological polar surface area (TPSA) is 169 Å². The second kappa shape index (κ2) is 15.1. The molecule has 1 aliphatic rings. The van der Waals surface area contributed by atoms with Gasteiger partial charge >= 0.3 is 6.09 Å². The van der Waals surface area contributed by atoms with E-state index in [1.165, 1.54) is 4.90 Å². The number of amides is 3. The molecule has 0 saturated carbocycles. The maximum atomic E-state index is 13.4. The number of alkyl carbamates (subject to hydrolysis) is 1. The third kappa shape index (κ3) is 9.47. The minimum atomic E-state index is -1.24. The number of nitrogens with one attached hydrogen (secondary N) is 2. The molecule has 1 saturated heterocycles. The quantitative estimate of drug-likeness (QED) is 0.163. The largest absolute Gasteiger partial charge is 0.445 e. The Morgan fingerprint density at radius 2 is 1.97 bits per heavy atom. The highest BCUT2D eigenvalue weighted by molar-refractivity contribution is 6.30. The summed E-state index contributed by atoms with van der Waals surface area (Å²) in [5.74, 6) is -2.19. The molecular weight excluding hydrogens is 519 g/mol. The van der Waals surface area contributed by atoms with Crippen LogP contribution in [-0.2, 0) is 25.7 Å². The molecule has 1 fully saturated rings. The summed E-state index contributed by atoms with van der Waals surface area (Å²) in [4.78, 5) is 56.2. The number of halogens is 2. The predicted octanol–water partition coefficient (Wildman–Crippen LogP) is 1.66. The van der Waals surface area contributed by atoms with E-state index in [9.17, 15) is 23.6 Å². The minimum absolute atomic E-state index is 0.0344. The van der Waals surface area contributed by atoms with E-state index in [1.807, 2.05) is 0 Å². The van der Waals surface area contributed by atoms with Gasteiger partial charge in [-0.25, -0.2) is 9.18 Å². The van der Waals surface area contributed by atoms with Gasteiger partial charge in [0.1, 0.15) is 25.4 Å². The predicted molar refractivity (Wildman–Crippen MR) is 141 cm³/mol. The number of Topliss-reactive ketones (excluding diaryl/α,β-unsaturated/α-hetero) is 1. The smallest absolute Gasteiger partial charge is 0.408 e. The number of guanidine groups is 1. The second-order valence-corrected chi connectivity index (χ2v) is 9.81. The molecule has 2 unspecified atom stereocenters. The molecule has 0 radical (unpaired) electrons. The van der Waals surface area contributed by atoms with Gasteiger partial charge < -0.3 is 31.7 Å². The maximum absolute atomic E-state index is 13.4. The van der Waals surface area contributed by atoms with Crippen LogP contribution in [-0.4, -0.2) is 72.4 Å². The number of rotatable bonds is 13. The Kier molecular flexibility index (Phi) is 12.3. The van der Waals surface area contributed by atoms with Crippen molar-refractivity contribution in [3.8, 4) is 0 Å². The van der Waals surface area contributed by atoms with Crippen LogP contribution >= 0.6 is 11.6 Å². The van der Waals surface area contributed by atoms with Crippen molar-refractivity contribution in [2.45, 2.75) is 64.3 Å². The number of benzene rings is 1. The van der Waals surface area contributed by atoms with E-state index in [0.29, 0.717) is 36.4 Å². The maximum Gasteiger partial charge on any atom is 0.408 e. The fourth-order valence-corrected chi connectivity index (χ4v) is 4.33. The van der Waals surface area contributed by atoms with Crippen molar-refractivity contribution in [2.24, 2.45) is 22.4 Å². The Morgan fingerprint density at radius 1 is 1.24 bits per heavy atom. The molecule has 0 bridgehead atoms. The van der Waals surface area contributed by atoms with Crippen molar-refractivity contribution in [1.29, 1.82) is 0 Å². The first-order chi connectivity index (χ1) is 18.0. The van der Waals surface area contributed by atoms with Crippen molar-refractivity contribution in [3.05, 3.63) is 34.9 Å². The average molecular weight is 555 g/mol. The van der Waals surface area contributed by atoms with E-state index in [2.05, 4.69) is 15.6 Å². The van der Waals surface area contributed by atoms with Gasteiger partial charge in [0, 0.05) is 18.1 Å². The monoisotopic (exact) mass is 554 g/mol. The van der Waals surface area contributed by atoms with Crippen LogP contribution in [0, 0.1) is 5.92 Å². The summed E-state index contributed by atoms with van der Waals surface area (Å²) in [5, 5.41) is 5.68. The number of likely N-dealkylation sites (tertiary alicyclic amines) is 1. The summed E-state index contributed by atoms with van der Waals surface area (Å²) >= 11 is 5.95. The lowest BCUT2D eigenvalue weighted by molar-refractivity contribution is -0.141. The molecule has 0 aliphatic carbocycles. The van der Waals surface area contributed by atoms with Crippen molar-refractivity contribution in [3.63, 3.8) is 0 Å². The fraction of sp³-hybridized carbons (Fsp3) is 0.560. The van der Waals surface area contributed by atoms with E-state index in [-0.39, 0.29) is 31.4 Å². The molecule has 210 valence electrons. The van der Waals surface area contributed by atoms with Gasteiger partial charge in [-0.15, -0.1) is 0 Å². The molecule has 38 heavy (non-hydrogen) atoms. The normalized spacial score (nSPS) is 16.4. The molecule has 1 heterocycles. The summed E-state index contributed by atoms with van der Waals surface area (Å²) in [5.41, 5.74) is 11.3. The first-order valence-corrected chi connectivity index (χ1v) is 12.8. The Morgan fingerprint density at radius 3 is 2.61 bits per heavy atom. The highest BCUT2D eigenvalue weighted by Crippen LogP contribution is 2.21. The van der Waals surface area contributed by atoms with Gasteiger partial charge in [-0.3, -0.25) is 19.4 Å². The molecule has 1 aromatic rings. The number of alkyl halides is 1. The van der Waals surface area contributed by atoms with Crippen LogP contribution in [0.25, 0.3) is 0 Å². The van der Waals surface area contributed by atoms with Crippen LogP contribution in [0.2, 0.25) is 5.02 Å². The molecule has 1 aromatic carbocycles. The van der Waals surface area contributed by atoms with Crippen molar-refractivity contribution >= 4 is 41.3 Å². The number of ether oxygens (including phenoxy) is 1. The molecular formula is C25H36ClFN6O5. The number of carbonyl (C=O) groups is 4. The third-order valence-corrected chi connectivity index (χ3v) is 6.32. The van der Waals surface area contributed by atoms with Crippen LogP contribution in [0.15, 0.2) is 29.3 Å². The van der Waals surface area contributed by atoms with E-state index in [4.69, 9.17) is 27.8 Å². The Balaban J connectivity index is 2.02. The Hall–Kier alpha value is -3.41. The lowest BCUT2D eigenvalue weighted by Gasteiger charge is -2.31. The van der Waals surface area contributed by atoms with E-state index >= 15 is 0 Å². The second-order valence-electron chi connectivity index (χ2n) is 9.37. The Bertz CT molecular complexity index is 1020. The summed E-state index contributed by atoms with van der Waals surface area (Å²) < 4.78 is 18.4. The lowest BCUT2D eigenvalue weighted by Crippen LogP contribution is -2.56. The first-order valence-electron chi connectivity index (χ1n) is 12.5. The molecule has 0 spiro atoms. The van der Waals surface area contributed by atoms with Gasteiger partial charge in [0.25, 0.3) is 0 Å². The van der Waals surface area contributed by atoms with Crippen LogP contribution in [0.5, 0.6) is 0 Å². The zero-order valence-corrected chi connectivity index (χ0v) is 22.4. The van der Waals surface area contributed by atoms with E-state index < -0.39 is 48.5 Å². The number of hydrogen-bond donors (Lipinski definition) is 4. The van der Waals surface area contributed by atoms with Crippen LogP contribution in [0.4, 0.5) is 9.18 Å². The summed E-state index contributed by atoms with van der Waals surface area (Å²) in [6.45, 7) is 2.77. The van der Waals surface area contributed by atoms with Crippen molar-refractivity contribution in [1.82, 2.24) is 15.5 Å². The number of hydrogen-bond acceptors (Lipinski definition) is 6. The third-order valence-electron chi connectivity index (χ3n) is 6.09. The van der Waals surface area contributed by atoms with Crippen molar-refractivity contribution < 1.29 is 28.3 Å². The highest BCUT2D eigenvalue weighted by atomic mass is 35.5.